The minimum Gasteiger partial charge on any atom is -0.488 e. The lowest BCUT2D eigenvalue weighted by Gasteiger charge is -2.11. The van der Waals surface area contributed by atoms with Crippen LogP contribution in [0.3, 0.4) is 0 Å². The van der Waals surface area contributed by atoms with Gasteiger partial charge in [-0.05, 0) is 32.0 Å². The molecule has 0 aliphatic rings. The fourth-order valence-electron chi connectivity index (χ4n) is 1.86. The highest BCUT2D eigenvalue weighted by molar-refractivity contribution is 5.97. The number of rotatable bonds is 4. The number of ether oxygens (including phenoxy) is 1. The molecule has 0 unspecified atom stereocenters. The van der Waals surface area contributed by atoms with Crippen molar-refractivity contribution in [2.75, 3.05) is 0 Å². The zero-order valence-electron chi connectivity index (χ0n) is 11.2. The molecular formula is C16H14F2O2. The Morgan fingerprint density at radius 1 is 1.20 bits per heavy atom. The van der Waals surface area contributed by atoms with Crippen LogP contribution in [-0.4, -0.2) is 5.78 Å². The highest BCUT2D eigenvalue weighted by atomic mass is 19.2. The van der Waals surface area contributed by atoms with Gasteiger partial charge in [-0.1, -0.05) is 23.8 Å². The Bertz CT molecular complexity index is 651. The van der Waals surface area contributed by atoms with Crippen molar-refractivity contribution < 1.29 is 18.3 Å². The van der Waals surface area contributed by atoms with Crippen LogP contribution in [0, 0.1) is 18.6 Å². The van der Waals surface area contributed by atoms with Crippen LogP contribution >= 0.6 is 0 Å². The van der Waals surface area contributed by atoms with Gasteiger partial charge in [0.1, 0.15) is 12.4 Å². The average Bonchev–Trinajstić information content (AvgIpc) is 2.41. The fraction of sp³-hybridized carbons (Fsp3) is 0.188. The molecule has 0 saturated carbocycles. The SMILES string of the molecule is CC(=O)c1cc(C)ccc1OCc1cccc(F)c1F. The van der Waals surface area contributed by atoms with Crippen LogP contribution in [0.25, 0.3) is 0 Å². The monoisotopic (exact) mass is 276 g/mol. The van der Waals surface area contributed by atoms with Crippen LogP contribution in [0.2, 0.25) is 0 Å². The zero-order chi connectivity index (χ0) is 14.7. The number of hydrogen-bond donors (Lipinski definition) is 0. The van der Waals surface area contributed by atoms with Crippen molar-refractivity contribution in [3.63, 3.8) is 0 Å². The van der Waals surface area contributed by atoms with E-state index < -0.39 is 11.6 Å². The number of halogens is 2. The van der Waals surface area contributed by atoms with Crippen molar-refractivity contribution in [1.29, 1.82) is 0 Å². The van der Waals surface area contributed by atoms with Gasteiger partial charge in [-0.15, -0.1) is 0 Å². The normalized spacial score (nSPS) is 10.4. The van der Waals surface area contributed by atoms with Crippen LogP contribution in [-0.2, 0) is 6.61 Å². The lowest BCUT2D eigenvalue weighted by molar-refractivity contribution is 0.101. The smallest absolute Gasteiger partial charge is 0.165 e. The number of benzene rings is 2. The predicted molar refractivity (Wildman–Crippen MR) is 71.9 cm³/mol. The summed E-state index contributed by atoms with van der Waals surface area (Å²) in [7, 11) is 0. The summed E-state index contributed by atoms with van der Waals surface area (Å²) in [5, 5.41) is 0. The molecule has 2 nitrogen and oxygen atoms in total. The highest BCUT2D eigenvalue weighted by Crippen LogP contribution is 2.22. The Morgan fingerprint density at radius 3 is 2.65 bits per heavy atom. The molecule has 2 rings (SSSR count). The molecule has 2 aromatic rings. The van der Waals surface area contributed by atoms with Gasteiger partial charge in [0.25, 0.3) is 0 Å². The van der Waals surface area contributed by atoms with E-state index in [1.807, 2.05) is 6.92 Å². The second kappa shape index (κ2) is 5.82. The molecule has 0 spiro atoms. The van der Waals surface area contributed by atoms with E-state index in [-0.39, 0.29) is 18.0 Å². The maximum Gasteiger partial charge on any atom is 0.165 e. The van der Waals surface area contributed by atoms with E-state index in [9.17, 15) is 13.6 Å². The first-order valence-corrected chi connectivity index (χ1v) is 6.16. The first-order chi connectivity index (χ1) is 9.49. The lowest BCUT2D eigenvalue weighted by Crippen LogP contribution is -2.04. The highest BCUT2D eigenvalue weighted by Gasteiger charge is 2.12. The molecule has 2 aromatic carbocycles. The van der Waals surface area contributed by atoms with Gasteiger partial charge >= 0.3 is 0 Å². The summed E-state index contributed by atoms with van der Waals surface area (Å²) in [6, 6.07) is 9.07. The topological polar surface area (TPSA) is 26.3 Å². The number of hydrogen-bond acceptors (Lipinski definition) is 2. The number of aryl methyl sites for hydroxylation is 1. The summed E-state index contributed by atoms with van der Waals surface area (Å²) < 4.78 is 32.0. The molecular weight excluding hydrogens is 262 g/mol. The molecule has 0 bridgehead atoms. The van der Waals surface area contributed by atoms with Crippen LogP contribution < -0.4 is 4.74 Å². The van der Waals surface area contributed by atoms with Crippen molar-refractivity contribution >= 4 is 5.78 Å². The average molecular weight is 276 g/mol. The van der Waals surface area contributed by atoms with E-state index in [0.29, 0.717) is 11.3 Å². The molecule has 0 atom stereocenters. The molecule has 0 saturated heterocycles. The van der Waals surface area contributed by atoms with E-state index in [4.69, 9.17) is 4.74 Å². The van der Waals surface area contributed by atoms with Crippen LogP contribution in [0.5, 0.6) is 5.75 Å². The molecule has 0 heterocycles. The molecule has 4 heteroatoms. The molecule has 0 aliphatic carbocycles. The van der Waals surface area contributed by atoms with Gasteiger partial charge in [-0.2, -0.15) is 0 Å². The number of Topliss-reactive ketones (excluding diaryl/α,β-unsaturated/α-hetero) is 1. The quantitative estimate of drug-likeness (QED) is 0.787. The van der Waals surface area contributed by atoms with Crippen molar-refractivity contribution in [3.8, 4) is 5.75 Å². The largest absolute Gasteiger partial charge is 0.488 e. The standard InChI is InChI=1S/C16H14F2O2/c1-10-6-7-15(13(8-10)11(2)19)20-9-12-4-3-5-14(17)16(12)18/h3-8H,9H2,1-2H3. The van der Waals surface area contributed by atoms with Crippen molar-refractivity contribution in [2.24, 2.45) is 0 Å². The maximum absolute atomic E-state index is 13.5. The Hall–Kier alpha value is -2.23. The van der Waals surface area contributed by atoms with E-state index in [2.05, 4.69) is 0 Å². The molecule has 0 fully saturated rings. The molecule has 0 amide bonds. The minimum atomic E-state index is -0.927. The van der Waals surface area contributed by atoms with Gasteiger partial charge in [-0.25, -0.2) is 8.78 Å². The zero-order valence-corrected chi connectivity index (χ0v) is 11.2. The lowest BCUT2D eigenvalue weighted by atomic mass is 10.1. The summed E-state index contributed by atoms with van der Waals surface area (Å²) in [6.45, 7) is 3.17. The third-order valence-electron chi connectivity index (χ3n) is 2.93. The molecule has 104 valence electrons. The maximum atomic E-state index is 13.5. The first kappa shape index (κ1) is 14.2. The van der Waals surface area contributed by atoms with Gasteiger partial charge in [0.15, 0.2) is 17.4 Å². The minimum absolute atomic E-state index is 0.111. The van der Waals surface area contributed by atoms with Crippen molar-refractivity contribution in [3.05, 3.63) is 64.7 Å². The van der Waals surface area contributed by atoms with E-state index >= 15 is 0 Å². The third-order valence-corrected chi connectivity index (χ3v) is 2.93. The van der Waals surface area contributed by atoms with Gasteiger partial charge < -0.3 is 4.74 Å². The van der Waals surface area contributed by atoms with E-state index in [1.165, 1.54) is 19.1 Å². The Balaban J connectivity index is 2.23. The van der Waals surface area contributed by atoms with Gasteiger partial charge in [0.2, 0.25) is 0 Å². The number of ketones is 1. The summed E-state index contributed by atoms with van der Waals surface area (Å²) in [5.74, 6) is -1.61. The van der Waals surface area contributed by atoms with Crippen molar-refractivity contribution in [2.45, 2.75) is 20.5 Å². The summed E-state index contributed by atoms with van der Waals surface area (Å²) >= 11 is 0. The fourth-order valence-corrected chi connectivity index (χ4v) is 1.86. The van der Waals surface area contributed by atoms with Crippen LogP contribution in [0.1, 0.15) is 28.4 Å². The number of carbonyl (C=O) groups is 1. The van der Waals surface area contributed by atoms with E-state index in [1.54, 1.807) is 18.2 Å². The van der Waals surface area contributed by atoms with Crippen LogP contribution in [0.15, 0.2) is 36.4 Å². The Labute approximate surface area is 116 Å². The molecule has 0 aliphatic heterocycles. The number of carbonyl (C=O) groups excluding carboxylic acids is 1. The third kappa shape index (κ3) is 3.02. The Morgan fingerprint density at radius 2 is 1.95 bits per heavy atom. The molecule has 20 heavy (non-hydrogen) atoms. The summed E-state index contributed by atoms with van der Waals surface area (Å²) in [6.07, 6.45) is 0. The van der Waals surface area contributed by atoms with Gasteiger partial charge in [0, 0.05) is 5.56 Å². The summed E-state index contributed by atoms with van der Waals surface area (Å²) in [5.41, 5.74) is 1.47. The van der Waals surface area contributed by atoms with Crippen LogP contribution in [0.4, 0.5) is 8.78 Å². The van der Waals surface area contributed by atoms with Crippen molar-refractivity contribution in [1.82, 2.24) is 0 Å². The molecule has 0 radical (unpaired) electrons. The van der Waals surface area contributed by atoms with E-state index in [0.717, 1.165) is 11.6 Å². The predicted octanol–water partition coefficient (Wildman–Crippen LogP) is 4.05. The summed E-state index contributed by atoms with van der Waals surface area (Å²) in [4.78, 5) is 11.5. The first-order valence-electron chi connectivity index (χ1n) is 6.16. The molecule has 0 aromatic heterocycles. The second-order valence-electron chi connectivity index (χ2n) is 4.56. The second-order valence-corrected chi connectivity index (χ2v) is 4.56. The Kier molecular flexibility index (Phi) is 4.13. The van der Waals surface area contributed by atoms with Gasteiger partial charge in [-0.3, -0.25) is 4.79 Å². The molecule has 0 N–H and O–H groups in total. The van der Waals surface area contributed by atoms with Gasteiger partial charge in [0.05, 0.1) is 5.56 Å².